The molecule has 0 bridgehead atoms. The monoisotopic (exact) mass is 293 g/mol. The molecule has 0 unspecified atom stereocenters. The maximum atomic E-state index is 12.2. The molecule has 1 aliphatic carbocycles. The number of hydrogen-bond donors (Lipinski definition) is 0. The maximum Gasteiger partial charge on any atom is 0.399 e. The third-order valence-electron chi connectivity index (χ3n) is 3.01. The molecule has 0 aliphatic heterocycles. The van der Waals surface area contributed by atoms with E-state index in [-0.39, 0.29) is 5.92 Å². The molecule has 9 heteroatoms. The van der Waals surface area contributed by atoms with Crippen LogP contribution in [0.1, 0.15) is 25.7 Å². The number of alkyl halides is 6. The zero-order chi connectivity index (χ0) is 14.9. The van der Waals surface area contributed by atoms with Gasteiger partial charge in [0.05, 0.1) is 6.61 Å². The molecular weight excluding hydrogens is 282 g/mol. The third kappa shape index (κ3) is 3.13. The molecule has 0 atom stereocenters. The standard InChI is InChI=1S/C10H11F6O3/c11-9(12,13)8(18,10(14,15)16)7(17)19-5-6-3-1-2-4-6/h6H,1-5H2/q-1. The zero-order valence-electron chi connectivity index (χ0n) is 9.61. The first kappa shape index (κ1) is 16.1. The van der Waals surface area contributed by atoms with Crippen LogP contribution in [0.15, 0.2) is 0 Å². The molecule has 1 fully saturated rings. The van der Waals surface area contributed by atoms with Crippen molar-refractivity contribution < 1.29 is 41.0 Å². The number of hydrogen-bond acceptors (Lipinski definition) is 3. The van der Waals surface area contributed by atoms with Gasteiger partial charge in [0.25, 0.3) is 0 Å². The Morgan fingerprint density at radius 2 is 1.47 bits per heavy atom. The van der Waals surface area contributed by atoms with Gasteiger partial charge in [0.1, 0.15) is 0 Å². The third-order valence-corrected chi connectivity index (χ3v) is 3.01. The second-order valence-electron chi connectivity index (χ2n) is 4.43. The van der Waals surface area contributed by atoms with Gasteiger partial charge in [-0.25, -0.2) is 0 Å². The maximum absolute atomic E-state index is 12.2. The average Bonchev–Trinajstić information content (AvgIpc) is 2.74. The largest absolute Gasteiger partial charge is 0.828 e. The van der Waals surface area contributed by atoms with Crippen LogP contribution in [0.3, 0.4) is 0 Å². The first-order valence-electron chi connectivity index (χ1n) is 5.51. The molecule has 1 rings (SSSR count). The summed E-state index contributed by atoms with van der Waals surface area (Å²) < 4.78 is 77.3. The Labute approximate surface area is 104 Å². The van der Waals surface area contributed by atoms with Crippen LogP contribution in [0.4, 0.5) is 26.3 Å². The summed E-state index contributed by atoms with van der Waals surface area (Å²) in [6.45, 7) is -0.588. The summed E-state index contributed by atoms with van der Waals surface area (Å²) in [5, 5.41) is 10.9. The molecule has 0 N–H and O–H groups in total. The first-order chi connectivity index (χ1) is 8.50. The number of ether oxygens (including phenoxy) is 1. The summed E-state index contributed by atoms with van der Waals surface area (Å²) in [5.41, 5.74) is -5.72. The lowest BCUT2D eigenvalue weighted by molar-refractivity contribution is -0.574. The lowest BCUT2D eigenvalue weighted by atomic mass is 10.0. The van der Waals surface area contributed by atoms with E-state index in [1.54, 1.807) is 0 Å². The number of rotatable bonds is 3. The molecule has 0 heterocycles. The van der Waals surface area contributed by atoms with Crippen molar-refractivity contribution in [1.29, 1.82) is 0 Å². The number of carbonyl (C=O) groups excluding carboxylic acids is 1. The van der Waals surface area contributed by atoms with Gasteiger partial charge < -0.3 is 9.84 Å². The highest BCUT2D eigenvalue weighted by atomic mass is 19.4. The topological polar surface area (TPSA) is 49.4 Å². The van der Waals surface area contributed by atoms with Gasteiger partial charge in [0.2, 0.25) is 0 Å². The molecular formula is C10H11F6O3-. The van der Waals surface area contributed by atoms with E-state index in [2.05, 4.69) is 4.74 Å². The van der Waals surface area contributed by atoms with Crippen molar-refractivity contribution in [2.24, 2.45) is 5.92 Å². The van der Waals surface area contributed by atoms with Crippen LogP contribution < -0.4 is 5.11 Å². The highest BCUT2D eigenvalue weighted by Crippen LogP contribution is 2.41. The summed E-state index contributed by atoms with van der Waals surface area (Å²) in [7, 11) is 0. The molecule has 0 amide bonds. The van der Waals surface area contributed by atoms with Gasteiger partial charge in [-0.1, -0.05) is 12.8 Å². The van der Waals surface area contributed by atoms with Crippen molar-refractivity contribution in [3.63, 3.8) is 0 Å². The van der Waals surface area contributed by atoms with Crippen molar-refractivity contribution in [2.45, 2.75) is 43.6 Å². The van der Waals surface area contributed by atoms with Gasteiger partial charge in [-0.3, -0.25) is 4.79 Å². The van der Waals surface area contributed by atoms with E-state index in [9.17, 15) is 36.2 Å². The predicted molar refractivity (Wildman–Crippen MR) is 47.8 cm³/mol. The molecule has 0 aromatic heterocycles. The van der Waals surface area contributed by atoms with Crippen LogP contribution in [-0.2, 0) is 9.53 Å². The minimum Gasteiger partial charge on any atom is -0.828 e. The van der Waals surface area contributed by atoms with Crippen molar-refractivity contribution in [3.05, 3.63) is 0 Å². The molecule has 0 spiro atoms. The highest BCUT2D eigenvalue weighted by molar-refractivity contribution is 5.81. The van der Waals surface area contributed by atoms with Crippen LogP contribution in [0.2, 0.25) is 0 Å². The average molecular weight is 293 g/mol. The minimum absolute atomic E-state index is 0.283. The summed E-state index contributed by atoms with van der Waals surface area (Å²) in [6.07, 6.45) is -9.95. The van der Waals surface area contributed by atoms with Gasteiger partial charge in [-0.05, 0) is 18.8 Å². The lowest BCUT2D eigenvalue weighted by Gasteiger charge is -2.40. The lowest BCUT2D eigenvalue weighted by Crippen LogP contribution is -2.71. The molecule has 0 aromatic carbocycles. The highest BCUT2D eigenvalue weighted by Gasteiger charge is 2.68. The summed E-state index contributed by atoms with van der Waals surface area (Å²) in [5.74, 6) is -3.12. The number of carbonyl (C=O) groups is 1. The van der Waals surface area contributed by atoms with E-state index in [0.717, 1.165) is 12.8 Å². The Balaban J connectivity index is 2.78. The van der Waals surface area contributed by atoms with Crippen molar-refractivity contribution >= 4 is 5.97 Å². The molecule has 112 valence electrons. The normalized spacial score (nSPS) is 18.7. The fourth-order valence-electron chi connectivity index (χ4n) is 1.86. The fraction of sp³-hybridized carbons (Fsp3) is 0.900. The van der Waals surface area contributed by atoms with E-state index >= 15 is 0 Å². The van der Waals surface area contributed by atoms with E-state index in [1.165, 1.54) is 0 Å². The zero-order valence-corrected chi connectivity index (χ0v) is 9.61. The number of halogens is 6. The van der Waals surface area contributed by atoms with Gasteiger partial charge in [0.15, 0.2) is 5.60 Å². The molecule has 1 aliphatic rings. The smallest absolute Gasteiger partial charge is 0.399 e. The van der Waals surface area contributed by atoms with Gasteiger partial charge in [-0.2, -0.15) is 26.3 Å². The van der Waals surface area contributed by atoms with Crippen LogP contribution in [0.5, 0.6) is 0 Å². The van der Waals surface area contributed by atoms with Crippen LogP contribution in [0.25, 0.3) is 0 Å². The van der Waals surface area contributed by atoms with Gasteiger partial charge in [-0.15, -0.1) is 0 Å². The van der Waals surface area contributed by atoms with E-state index < -0.39 is 30.5 Å². The Morgan fingerprint density at radius 1 is 1.05 bits per heavy atom. The summed E-state index contributed by atoms with van der Waals surface area (Å²) in [4.78, 5) is 10.9. The summed E-state index contributed by atoms with van der Waals surface area (Å²) >= 11 is 0. The van der Waals surface area contributed by atoms with E-state index in [4.69, 9.17) is 0 Å². The van der Waals surface area contributed by atoms with Gasteiger partial charge in [0, 0.05) is 0 Å². The van der Waals surface area contributed by atoms with Crippen LogP contribution >= 0.6 is 0 Å². The quantitative estimate of drug-likeness (QED) is 0.590. The molecule has 0 aromatic rings. The minimum atomic E-state index is -6.29. The van der Waals surface area contributed by atoms with Gasteiger partial charge >= 0.3 is 18.3 Å². The van der Waals surface area contributed by atoms with Crippen LogP contribution in [0, 0.1) is 5.92 Å². The number of esters is 1. The molecule has 0 radical (unpaired) electrons. The van der Waals surface area contributed by atoms with Crippen LogP contribution in [-0.4, -0.2) is 30.5 Å². The fourth-order valence-corrected chi connectivity index (χ4v) is 1.86. The molecule has 1 saturated carbocycles. The first-order valence-corrected chi connectivity index (χ1v) is 5.51. The Morgan fingerprint density at radius 3 is 1.84 bits per heavy atom. The van der Waals surface area contributed by atoms with E-state index in [1.807, 2.05) is 0 Å². The molecule has 0 saturated heterocycles. The van der Waals surface area contributed by atoms with E-state index in [0.29, 0.717) is 12.8 Å². The Bertz CT molecular complexity index is 315. The Hall–Kier alpha value is -0.990. The Kier molecular flexibility index (Phi) is 4.38. The SMILES string of the molecule is O=C(OCC1CCCC1)C([O-])(C(F)(F)F)C(F)(F)F. The van der Waals surface area contributed by atoms with Crippen molar-refractivity contribution in [2.75, 3.05) is 6.61 Å². The molecule has 3 nitrogen and oxygen atoms in total. The van der Waals surface area contributed by atoms with Crippen molar-refractivity contribution in [1.82, 2.24) is 0 Å². The second kappa shape index (κ2) is 5.18. The second-order valence-corrected chi connectivity index (χ2v) is 4.43. The van der Waals surface area contributed by atoms with Crippen molar-refractivity contribution in [3.8, 4) is 0 Å². The molecule has 19 heavy (non-hydrogen) atoms. The predicted octanol–water partition coefficient (Wildman–Crippen LogP) is 1.94. The summed E-state index contributed by atoms with van der Waals surface area (Å²) in [6, 6.07) is 0.